The summed E-state index contributed by atoms with van der Waals surface area (Å²) in [7, 11) is 0. The van der Waals surface area contributed by atoms with Crippen molar-refractivity contribution in [3.05, 3.63) is 0 Å². The highest BCUT2D eigenvalue weighted by molar-refractivity contribution is 6.05. The molecule has 1 unspecified atom stereocenters. The molecule has 1 amide bonds. The molecule has 0 fully saturated rings. The third-order valence-electron chi connectivity index (χ3n) is 1.47. The molecular weight excluding hydrogens is 194 g/mol. The van der Waals surface area contributed by atoms with Gasteiger partial charge in [-0.25, -0.2) is 0 Å². The summed E-state index contributed by atoms with van der Waals surface area (Å²) in [5, 5.41) is 11.8. The first-order valence-corrected chi connectivity index (χ1v) is 3.56. The van der Waals surface area contributed by atoms with Gasteiger partial charge < -0.3 is 5.73 Å². The van der Waals surface area contributed by atoms with Crippen molar-refractivity contribution in [2.45, 2.75) is 6.92 Å². The van der Waals surface area contributed by atoms with Crippen molar-refractivity contribution in [3.63, 3.8) is 0 Å². The van der Waals surface area contributed by atoms with Crippen LogP contribution >= 0.6 is 12.4 Å². The molecule has 1 aliphatic rings. The smallest absolute Gasteiger partial charge is 0.231 e. The summed E-state index contributed by atoms with van der Waals surface area (Å²) in [6.45, 7) is 2.21. The molecule has 5 N–H and O–H groups in total. The Morgan fingerprint density at radius 2 is 2.46 bits per heavy atom. The predicted molar refractivity (Wildman–Crippen MR) is 51.9 cm³/mol. The van der Waals surface area contributed by atoms with E-state index in [1.807, 2.05) is 0 Å². The molecule has 0 aromatic carbocycles. The summed E-state index contributed by atoms with van der Waals surface area (Å²) in [5.41, 5.74) is 5.04. The minimum atomic E-state index is -0.233. The topological polar surface area (TPSA) is 103 Å². The fourth-order valence-electron chi connectivity index (χ4n) is 0.789. The predicted octanol–water partition coefficient (Wildman–Crippen LogP) is -0.987. The molecule has 0 saturated carbocycles. The van der Waals surface area contributed by atoms with Gasteiger partial charge in [0.25, 0.3) is 0 Å². The van der Waals surface area contributed by atoms with E-state index in [9.17, 15) is 4.79 Å². The van der Waals surface area contributed by atoms with Gasteiger partial charge in [-0.1, -0.05) is 6.92 Å². The zero-order chi connectivity index (χ0) is 9.14. The minimum Gasteiger partial charge on any atom is -0.370 e. The number of nitrogens with one attached hydrogen (secondary N) is 3. The van der Waals surface area contributed by atoms with E-state index in [1.54, 1.807) is 6.92 Å². The first kappa shape index (κ1) is 11.7. The number of hydrogen-bond acceptors (Lipinski definition) is 3. The molecule has 0 saturated heterocycles. The van der Waals surface area contributed by atoms with E-state index in [-0.39, 0.29) is 36.2 Å². The van der Waals surface area contributed by atoms with E-state index < -0.39 is 0 Å². The van der Waals surface area contributed by atoms with E-state index >= 15 is 0 Å². The Balaban J connectivity index is 0.00000144. The number of nitrogens with two attached hydrogens (primary N) is 1. The standard InChI is InChI=1S/C6H11N5O.ClH/c1-3-2-9-6(10-4(3)12)11-5(7)8;/h3H,2H2,1H3,(H5,7,8,9,10,11,12);1H. The molecule has 13 heavy (non-hydrogen) atoms. The van der Waals surface area contributed by atoms with Crippen LogP contribution in [0.4, 0.5) is 0 Å². The van der Waals surface area contributed by atoms with Crippen LogP contribution in [0.25, 0.3) is 0 Å². The van der Waals surface area contributed by atoms with E-state index in [0.29, 0.717) is 6.54 Å². The Hall–Kier alpha value is -1.30. The minimum absolute atomic E-state index is 0. The van der Waals surface area contributed by atoms with Gasteiger partial charge in [0, 0.05) is 0 Å². The van der Waals surface area contributed by atoms with Gasteiger partial charge in [0.2, 0.25) is 11.9 Å². The number of carbonyl (C=O) groups is 1. The average Bonchev–Trinajstić information content (AvgIpc) is 1.96. The molecular formula is C6H12ClN5O. The van der Waals surface area contributed by atoms with Crippen molar-refractivity contribution < 1.29 is 4.79 Å². The van der Waals surface area contributed by atoms with Gasteiger partial charge in [0.15, 0.2) is 5.96 Å². The van der Waals surface area contributed by atoms with E-state index in [4.69, 9.17) is 11.1 Å². The van der Waals surface area contributed by atoms with Crippen molar-refractivity contribution in [2.75, 3.05) is 6.54 Å². The highest BCUT2D eigenvalue weighted by Crippen LogP contribution is 1.99. The Bertz CT molecular complexity index is 251. The van der Waals surface area contributed by atoms with Crippen molar-refractivity contribution in [1.29, 1.82) is 5.41 Å². The summed E-state index contributed by atoms with van der Waals surface area (Å²) < 4.78 is 0. The lowest BCUT2D eigenvalue weighted by atomic mass is 10.1. The van der Waals surface area contributed by atoms with Gasteiger partial charge in [0.05, 0.1) is 12.5 Å². The second-order valence-electron chi connectivity index (χ2n) is 2.62. The largest absolute Gasteiger partial charge is 0.370 e. The van der Waals surface area contributed by atoms with Crippen LogP contribution in [0, 0.1) is 11.3 Å². The maximum atomic E-state index is 11.0. The molecule has 1 rings (SSSR count). The zero-order valence-corrected chi connectivity index (χ0v) is 7.94. The van der Waals surface area contributed by atoms with Gasteiger partial charge in [-0.2, -0.15) is 0 Å². The molecule has 1 heterocycles. The van der Waals surface area contributed by atoms with Crippen molar-refractivity contribution >= 4 is 30.2 Å². The number of nitrogens with zero attached hydrogens (tertiary/aromatic N) is 1. The molecule has 1 aliphatic heterocycles. The van der Waals surface area contributed by atoms with Gasteiger partial charge in [0.1, 0.15) is 0 Å². The third kappa shape index (κ3) is 3.29. The number of hydrogen-bond donors (Lipinski definition) is 4. The van der Waals surface area contributed by atoms with Crippen LogP contribution in [0.15, 0.2) is 4.99 Å². The first-order chi connectivity index (χ1) is 5.59. The average molecular weight is 206 g/mol. The van der Waals surface area contributed by atoms with Crippen LogP contribution < -0.4 is 16.4 Å². The number of guanidine groups is 2. The van der Waals surface area contributed by atoms with Crippen molar-refractivity contribution in [2.24, 2.45) is 16.6 Å². The highest BCUT2D eigenvalue weighted by Gasteiger charge is 2.19. The maximum Gasteiger partial charge on any atom is 0.231 e. The summed E-state index contributed by atoms with van der Waals surface area (Å²) >= 11 is 0. The highest BCUT2D eigenvalue weighted by atomic mass is 35.5. The van der Waals surface area contributed by atoms with Gasteiger partial charge in [-0.15, -0.1) is 12.4 Å². The molecule has 0 bridgehead atoms. The first-order valence-electron chi connectivity index (χ1n) is 3.56. The van der Waals surface area contributed by atoms with Crippen molar-refractivity contribution in [1.82, 2.24) is 10.6 Å². The molecule has 74 valence electrons. The normalized spacial score (nSPS) is 20.8. The van der Waals surface area contributed by atoms with Crippen LogP contribution in [0.3, 0.4) is 0 Å². The van der Waals surface area contributed by atoms with E-state index in [1.165, 1.54) is 0 Å². The number of halogens is 1. The van der Waals surface area contributed by atoms with Gasteiger partial charge in [-0.3, -0.25) is 25.8 Å². The third-order valence-corrected chi connectivity index (χ3v) is 1.47. The van der Waals surface area contributed by atoms with Crippen LogP contribution in [0.1, 0.15) is 6.92 Å². The number of amides is 1. The van der Waals surface area contributed by atoms with Gasteiger partial charge in [-0.05, 0) is 0 Å². The van der Waals surface area contributed by atoms with E-state index in [0.717, 1.165) is 0 Å². The summed E-state index contributed by atoms with van der Waals surface area (Å²) in [5.74, 6) is -0.189. The summed E-state index contributed by atoms with van der Waals surface area (Å²) in [6, 6.07) is 0. The lowest BCUT2D eigenvalue weighted by Crippen LogP contribution is -2.50. The van der Waals surface area contributed by atoms with Crippen molar-refractivity contribution in [3.8, 4) is 0 Å². The number of carbonyl (C=O) groups excluding carboxylic acids is 1. The monoisotopic (exact) mass is 205 g/mol. The molecule has 0 aromatic heterocycles. The van der Waals surface area contributed by atoms with Crippen LogP contribution in [-0.2, 0) is 4.79 Å². The molecule has 1 atom stereocenters. The van der Waals surface area contributed by atoms with Crippen LogP contribution in [0.5, 0.6) is 0 Å². The van der Waals surface area contributed by atoms with Crippen LogP contribution in [0.2, 0.25) is 0 Å². The van der Waals surface area contributed by atoms with Crippen LogP contribution in [-0.4, -0.2) is 24.4 Å². The molecule has 7 heteroatoms. The molecule has 0 aliphatic carbocycles. The fraction of sp³-hybridized carbons (Fsp3) is 0.500. The Morgan fingerprint density at radius 1 is 1.85 bits per heavy atom. The second-order valence-corrected chi connectivity index (χ2v) is 2.62. The Kier molecular flexibility index (Phi) is 4.19. The maximum absolute atomic E-state index is 11.0. The lowest BCUT2D eigenvalue weighted by molar-refractivity contribution is -0.123. The summed E-state index contributed by atoms with van der Waals surface area (Å²) in [6.07, 6.45) is 0. The number of rotatable bonds is 0. The second kappa shape index (κ2) is 4.66. The Morgan fingerprint density at radius 3 is 2.92 bits per heavy atom. The number of aliphatic imine (C=N–C) groups is 1. The molecule has 6 nitrogen and oxygen atoms in total. The van der Waals surface area contributed by atoms with E-state index in [2.05, 4.69) is 15.6 Å². The van der Waals surface area contributed by atoms with Gasteiger partial charge >= 0.3 is 0 Å². The zero-order valence-electron chi connectivity index (χ0n) is 7.13. The molecule has 0 aromatic rings. The fourth-order valence-corrected chi connectivity index (χ4v) is 0.789. The lowest BCUT2D eigenvalue weighted by Gasteiger charge is -2.18. The molecule has 0 spiro atoms. The SMILES string of the molecule is CC1CN=C(NC(=N)N)NC1=O.Cl. The Labute approximate surface area is 81.9 Å². The summed E-state index contributed by atoms with van der Waals surface area (Å²) in [4.78, 5) is 15.0. The quantitative estimate of drug-likeness (QED) is 0.302. The molecule has 0 radical (unpaired) electrons.